The highest BCUT2D eigenvalue weighted by molar-refractivity contribution is 6.07. The maximum atomic E-state index is 13.6. The van der Waals surface area contributed by atoms with E-state index in [1.165, 1.54) is 31.2 Å². The average Bonchev–Trinajstić information content (AvgIpc) is 3.11. The van der Waals surface area contributed by atoms with Crippen LogP contribution >= 0.6 is 0 Å². The Morgan fingerprint density at radius 1 is 0.905 bits per heavy atom. The number of aryl methyl sites for hydroxylation is 2. The molecule has 3 amide bonds. The standard InChI is InChI=1S/C29H33F7N2O4/c1-4-8-18-16-21(27(41,28(31,32)33)29(34,35)36)17-19(9-5-2)23(18)42-15-7-6-14-38-24(39)26(3,37-25(38)40)20-10-12-22(30)13-11-20/h10-13,16-17,41H,4-9,14-15H2,1-3H3,(H,37,40). The molecule has 1 fully saturated rings. The van der Waals surface area contributed by atoms with Gasteiger partial charge in [-0.25, -0.2) is 9.18 Å². The minimum atomic E-state index is -6.01. The summed E-state index contributed by atoms with van der Waals surface area (Å²) in [5, 5.41) is 12.6. The lowest BCUT2D eigenvalue weighted by atomic mass is 9.87. The number of amides is 3. The molecule has 0 spiro atoms. The van der Waals surface area contributed by atoms with E-state index in [-0.39, 0.29) is 42.9 Å². The van der Waals surface area contributed by atoms with Gasteiger partial charge in [0.2, 0.25) is 0 Å². The van der Waals surface area contributed by atoms with Crippen LogP contribution in [0.2, 0.25) is 0 Å². The summed E-state index contributed by atoms with van der Waals surface area (Å²) in [6.07, 6.45) is -10.4. The number of alkyl halides is 6. The van der Waals surface area contributed by atoms with Crippen molar-refractivity contribution >= 4 is 11.9 Å². The maximum absolute atomic E-state index is 13.6. The molecular weight excluding hydrogens is 573 g/mol. The van der Waals surface area contributed by atoms with Crippen molar-refractivity contribution in [2.75, 3.05) is 13.2 Å². The van der Waals surface area contributed by atoms with Gasteiger partial charge in [-0.15, -0.1) is 0 Å². The summed E-state index contributed by atoms with van der Waals surface area (Å²) in [4.78, 5) is 26.6. The second-order valence-electron chi connectivity index (χ2n) is 10.4. The van der Waals surface area contributed by atoms with Crippen molar-refractivity contribution in [2.24, 2.45) is 0 Å². The molecule has 1 saturated heterocycles. The van der Waals surface area contributed by atoms with Gasteiger partial charge in [0, 0.05) is 12.1 Å². The molecule has 0 aromatic heterocycles. The summed E-state index contributed by atoms with van der Waals surface area (Å²) in [6, 6.07) is 5.94. The van der Waals surface area contributed by atoms with E-state index >= 15 is 0 Å². The lowest BCUT2D eigenvalue weighted by Crippen LogP contribution is -2.54. The Labute approximate surface area is 238 Å². The number of rotatable bonds is 12. The molecule has 1 aliphatic rings. The van der Waals surface area contributed by atoms with E-state index in [1.807, 2.05) is 0 Å². The van der Waals surface area contributed by atoms with Crippen molar-refractivity contribution in [3.8, 4) is 5.75 Å². The number of ether oxygens (including phenoxy) is 1. The van der Waals surface area contributed by atoms with Crippen LogP contribution in [-0.2, 0) is 28.8 Å². The third kappa shape index (κ3) is 6.35. The van der Waals surface area contributed by atoms with E-state index in [2.05, 4.69) is 5.32 Å². The monoisotopic (exact) mass is 606 g/mol. The molecule has 13 heteroatoms. The maximum Gasteiger partial charge on any atom is 0.430 e. The van der Waals surface area contributed by atoms with Crippen molar-refractivity contribution in [3.63, 3.8) is 0 Å². The van der Waals surface area contributed by atoms with Gasteiger partial charge >= 0.3 is 18.4 Å². The first-order chi connectivity index (χ1) is 19.5. The van der Waals surface area contributed by atoms with Gasteiger partial charge in [0.25, 0.3) is 11.5 Å². The van der Waals surface area contributed by atoms with Gasteiger partial charge in [-0.3, -0.25) is 9.69 Å². The van der Waals surface area contributed by atoms with E-state index in [0.29, 0.717) is 43.4 Å². The summed E-state index contributed by atoms with van der Waals surface area (Å²) >= 11 is 0. The smallest absolute Gasteiger partial charge is 0.430 e. The van der Waals surface area contributed by atoms with Crippen LogP contribution in [-0.4, -0.2) is 47.4 Å². The summed E-state index contributed by atoms with van der Waals surface area (Å²) < 4.78 is 101. The zero-order valence-electron chi connectivity index (χ0n) is 23.4. The Balaban J connectivity index is 1.75. The highest BCUT2D eigenvalue weighted by atomic mass is 19.4. The quantitative estimate of drug-likeness (QED) is 0.161. The number of urea groups is 1. The van der Waals surface area contributed by atoms with Crippen LogP contribution in [0.5, 0.6) is 5.75 Å². The number of hydrogen-bond acceptors (Lipinski definition) is 4. The van der Waals surface area contributed by atoms with Gasteiger partial charge in [-0.2, -0.15) is 26.3 Å². The van der Waals surface area contributed by atoms with E-state index < -0.39 is 46.8 Å². The van der Waals surface area contributed by atoms with Crippen LogP contribution in [0.4, 0.5) is 35.5 Å². The molecule has 42 heavy (non-hydrogen) atoms. The Bertz CT molecular complexity index is 1240. The molecule has 1 atom stereocenters. The van der Waals surface area contributed by atoms with Crippen molar-refractivity contribution in [3.05, 3.63) is 64.5 Å². The molecule has 2 aromatic carbocycles. The number of nitrogens with zero attached hydrogens (tertiary/aromatic N) is 1. The first kappa shape index (κ1) is 33.2. The van der Waals surface area contributed by atoms with Crippen molar-refractivity contribution < 1.29 is 50.2 Å². The Hall–Kier alpha value is -3.35. The van der Waals surface area contributed by atoms with Crippen molar-refractivity contribution in [1.29, 1.82) is 0 Å². The molecule has 2 aromatic rings. The lowest BCUT2D eigenvalue weighted by Gasteiger charge is -2.33. The van der Waals surface area contributed by atoms with Crippen LogP contribution in [0.1, 0.15) is 68.7 Å². The third-order valence-corrected chi connectivity index (χ3v) is 7.24. The minimum absolute atomic E-state index is 0.00840. The first-order valence-electron chi connectivity index (χ1n) is 13.6. The fourth-order valence-corrected chi connectivity index (χ4v) is 4.97. The average molecular weight is 607 g/mol. The largest absolute Gasteiger partial charge is 0.493 e. The Morgan fingerprint density at radius 2 is 1.43 bits per heavy atom. The molecule has 6 nitrogen and oxygen atoms in total. The SMILES string of the molecule is CCCc1cc(C(O)(C(F)(F)F)C(F)(F)F)cc(CCC)c1OCCCCN1C(=O)NC(C)(c2ccc(F)cc2)C1=O. The number of benzene rings is 2. The van der Waals surface area contributed by atoms with E-state index in [4.69, 9.17) is 4.74 Å². The number of carbonyl (C=O) groups is 2. The fourth-order valence-electron chi connectivity index (χ4n) is 4.97. The van der Waals surface area contributed by atoms with Crippen molar-refractivity contribution in [1.82, 2.24) is 10.2 Å². The van der Waals surface area contributed by atoms with Gasteiger partial charge in [0.1, 0.15) is 17.1 Å². The zero-order valence-corrected chi connectivity index (χ0v) is 23.4. The number of carbonyl (C=O) groups excluding carboxylic acids is 2. The van der Waals surface area contributed by atoms with Crippen LogP contribution in [0.3, 0.4) is 0 Å². The number of halogens is 7. The van der Waals surface area contributed by atoms with E-state index in [1.54, 1.807) is 13.8 Å². The number of nitrogens with one attached hydrogen (secondary N) is 1. The number of unbranched alkanes of at least 4 members (excludes halogenated alkanes) is 1. The predicted octanol–water partition coefficient (Wildman–Crippen LogP) is 6.67. The molecule has 1 heterocycles. The van der Waals surface area contributed by atoms with Crippen molar-refractivity contribution in [2.45, 2.75) is 82.8 Å². The predicted molar refractivity (Wildman–Crippen MR) is 139 cm³/mol. The first-order valence-corrected chi connectivity index (χ1v) is 13.6. The topological polar surface area (TPSA) is 78.9 Å². The Morgan fingerprint density at radius 3 is 1.90 bits per heavy atom. The van der Waals surface area contributed by atoms with Gasteiger partial charge in [-0.05, 0) is 73.6 Å². The second kappa shape index (κ2) is 12.5. The van der Waals surface area contributed by atoms with Crippen LogP contribution in [0, 0.1) is 5.82 Å². The molecular formula is C29H33F7N2O4. The highest BCUT2D eigenvalue weighted by Gasteiger charge is 2.71. The summed E-state index contributed by atoms with van der Waals surface area (Å²) in [5.74, 6) is -0.855. The van der Waals surface area contributed by atoms with Crippen LogP contribution < -0.4 is 10.1 Å². The molecule has 0 aliphatic carbocycles. The minimum Gasteiger partial charge on any atom is -0.493 e. The molecule has 3 rings (SSSR count). The van der Waals surface area contributed by atoms with Gasteiger partial charge in [0.05, 0.1) is 6.61 Å². The summed E-state index contributed by atoms with van der Waals surface area (Å²) in [7, 11) is 0. The zero-order chi connectivity index (χ0) is 31.5. The van der Waals surface area contributed by atoms with Gasteiger partial charge < -0.3 is 15.2 Å². The lowest BCUT2D eigenvalue weighted by molar-refractivity contribution is -0.376. The molecule has 2 N–H and O–H groups in total. The number of imide groups is 1. The second-order valence-corrected chi connectivity index (χ2v) is 10.4. The van der Waals surface area contributed by atoms with Crippen LogP contribution in [0.15, 0.2) is 36.4 Å². The molecule has 1 aliphatic heterocycles. The number of aliphatic hydroxyl groups is 1. The molecule has 0 radical (unpaired) electrons. The van der Waals surface area contributed by atoms with Gasteiger partial charge in [-0.1, -0.05) is 38.8 Å². The van der Waals surface area contributed by atoms with Gasteiger partial charge in [0.15, 0.2) is 0 Å². The third-order valence-electron chi connectivity index (χ3n) is 7.24. The summed E-state index contributed by atoms with van der Waals surface area (Å²) in [5.41, 5.74) is -7.11. The van der Waals surface area contributed by atoms with E-state index in [0.717, 1.165) is 4.90 Å². The highest BCUT2D eigenvalue weighted by Crippen LogP contribution is 2.51. The van der Waals surface area contributed by atoms with E-state index in [9.17, 15) is 45.4 Å². The summed E-state index contributed by atoms with van der Waals surface area (Å²) in [6.45, 7) is 4.95. The number of hydrogen-bond donors (Lipinski definition) is 2. The molecule has 0 bridgehead atoms. The fraction of sp³-hybridized carbons (Fsp3) is 0.517. The van der Waals surface area contributed by atoms with Crippen LogP contribution in [0.25, 0.3) is 0 Å². The Kier molecular flexibility index (Phi) is 9.85. The molecule has 232 valence electrons. The molecule has 1 unspecified atom stereocenters. The molecule has 0 saturated carbocycles. The normalized spacial score (nSPS) is 18.0.